The van der Waals surface area contributed by atoms with Crippen LogP contribution in [-0.2, 0) is 19.6 Å². The molecule has 1 aliphatic heterocycles. The number of ether oxygens (including phenoxy) is 2. The molecule has 0 aliphatic carbocycles. The lowest BCUT2D eigenvalue weighted by atomic mass is 10.1. The number of hydrogen-bond acceptors (Lipinski definition) is 8. The van der Waals surface area contributed by atoms with Crippen LogP contribution < -0.4 is 19.7 Å². The summed E-state index contributed by atoms with van der Waals surface area (Å²) in [6.07, 6.45) is 1.67. The number of nitrogens with zero attached hydrogens (tertiary/aromatic N) is 2. The number of carbonyl (C=O) groups is 2. The van der Waals surface area contributed by atoms with Crippen molar-refractivity contribution < 1.29 is 32.4 Å². The third-order valence-electron chi connectivity index (χ3n) is 6.62. The molecule has 0 bridgehead atoms. The van der Waals surface area contributed by atoms with Gasteiger partial charge < -0.3 is 20.1 Å². The number of aryl methyl sites for hydroxylation is 1. The maximum atomic E-state index is 13.9. The molecule has 42 heavy (non-hydrogen) atoms. The number of benzene rings is 3. The molecule has 2 N–H and O–H groups in total. The third kappa shape index (κ3) is 6.98. The molecule has 1 fully saturated rings. The van der Waals surface area contributed by atoms with Crippen LogP contribution >= 0.6 is 11.6 Å². The number of nitro groups is 1. The summed E-state index contributed by atoms with van der Waals surface area (Å²) in [5.74, 6) is -1.14. The van der Waals surface area contributed by atoms with E-state index >= 15 is 0 Å². The second-order valence-corrected chi connectivity index (χ2v) is 11.8. The molecule has 14 heteroatoms. The number of amides is 2. The van der Waals surface area contributed by atoms with Gasteiger partial charge in [0.15, 0.2) is 0 Å². The van der Waals surface area contributed by atoms with E-state index in [-0.39, 0.29) is 39.4 Å². The van der Waals surface area contributed by atoms with Crippen molar-refractivity contribution in [2.45, 2.75) is 30.8 Å². The van der Waals surface area contributed by atoms with Crippen LogP contribution in [0.2, 0.25) is 5.02 Å². The van der Waals surface area contributed by atoms with Gasteiger partial charge in [-0.2, -0.15) is 0 Å². The van der Waals surface area contributed by atoms with Crippen LogP contribution in [0.1, 0.15) is 28.8 Å². The van der Waals surface area contributed by atoms with Gasteiger partial charge in [0.2, 0.25) is 5.91 Å². The molecule has 3 aromatic rings. The summed E-state index contributed by atoms with van der Waals surface area (Å²) in [6, 6.07) is 14.0. The number of anilines is 2. The van der Waals surface area contributed by atoms with Crippen molar-refractivity contribution in [3.63, 3.8) is 0 Å². The summed E-state index contributed by atoms with van der Waals surface area (Å²) in [5, 5.41) is 17.1. The molecule has 3 aromatic carbocycles. The lowest BCUT2D eigenvalue weighted by Gasteiger charge is -2.26. The first-order valence-corrected chi connectivity index (χ1v) is 14.7. The number of nitro benzene ring substituents is 1. The number of sulfonamides is 1. The zero-order chi connectivity index (χ0) is 30.4. The van der Waals surface area contributed by atoms with Gasteiger partial charge in [-0.1, -0.05) is 29.8 Å². The minimum atomic E-state index is -4.57. The van der Waals surface area contributed by atoms with E-state index in [0.29, 0.717) is 13.2 Å². The van der Waals surface area contributed by atoms with Crippen molar-refractivity contribution in [2.75, 3.05) is 36.4 Å². The zero-order valence-electron chi connectivity index (χ0n) is 22.8. The summed E-state index contributed by atoms with van der Waals surface area (Å²) in [5.41, 5.74) is 0.131. The van der Waals surface area contributed by atoms with E-state index in [0.717, 1.165) is 23.2 Å². The number of nitrogens with one attached hydrogen (secondary N) is 2. The van der Waals surface area contributed by atoms with Gasteiger partial charge in [-0.05, 0) is 56.2 Å². The zero-order valence-corrected chi connectivity index (χ0v) is 24.4. The average Bonchev–Trinajstić information content (AvgIpc) is 3.48. The second-order valence-electron chi connectivity index (χ2n) is 9.47. The standard InChI is InChI=1S/C28H29ClN4O8S/c1-18-9-11-21(15-24(18)33(36)37)42(38,39)32(25-14-19(29)10-12-26(25)40-2)17-27(34)31-23-8-4-3-7-22(23)28(35)30-16-20-6-5-13-41-20/h3-4,7-12,14-15,20H,5-6,13,16-17H2,1-2H3,(H,30,35)(H,31,34)/t20-/m0/s1. The Bertz CT molecular complexity index is 1610. The molecule has 0 unspecified atom stereocenters. The molecule has 1 aliphatic rings. The highest BCUT2D eigenvalue weighted by Crippen LogP contribution is 2.36. The van der Waals surface area contributed by atoms with Crippen molar-refractivity contribution in [1.82, 2.24) is 5.32 Å². The van der Waals surface area contributed by atoms with Crippen molar-refractivity contribution in [1.29, 1.82) is 0 Å². The lowest BCUT2D eigenvalue weighted by molar-refractivity contribution is -0.385. The largest absolute Gasteiger partial charge is 0.495 e. The molecule has 0 saturated carbocycles. The Balaban J connectivity index is 1.66. The van der Waals surface area contributed by atoms with Gasteiger partial charge in [-0.15, -0.1) is 0 Å². The smallest absolute Gasteiger partial charge is 0.273 e. The van der Waals surface area contributed by atoms with Gasteiger partial charge in [0.1, 0.15) is 12.3 Å². The van der Waals surface area contributed by atoms with Gasteiger partial charge in [0.25, 0.3) is 21.6 Å². The van der Waals surface area contributed by atoms with E-state index in [9.17, 15) is 28.1 Å². The molecule has 1 saturated heterocycles. The maximum absolute atomic E-state index is 13.9. The number of rotatable bonds is 11. The molecule has 2 amide bonds. The first kappa shape index (κ1) is 30.8. The van der Waals surface area contributed by atoms with Crippen LogP contribution in [-0.4, -0.2) is 58.1 Å². The average molecular weight is 617 g/mol. The van der Waals surface area contributed by atoms with Gasteiger partial charge in [0.05, 0.1) is 40.0 Å². The monoisotopic (exact) mass is 616 g/mol. The number of carbonyl (C=O) groups excluding carboxylic acids is 2. The van der Waals surface area contributed by atoms with E-state index in [1.165, 1.54) is 56.5 Å². The van der Waals surface area contributed by atoms with Crippen LogP contribution in [0.4, 0.5) is 17.1 Å². The van der Waals surface area contributed by atoms with E-state index in [1.807, 2.05) is 0 Å². The fourth-order valence-electron chi connectivity index (χ4n) is 4.45. The second kappa shape index (κ2) is 13.2. The molecule has 4 rings (SSSR count). The highest BCUT2D eigenvalue weighted by Gasteiger charge is 2.32. The van der Waals surface area contributed by atoms with Gasteiger partial charge >= 0.3 is 0 Å². The van der Waals surface area contributed by atoms with Crippen molar-refractivity contribution >= 4 is 50.5 Å². The summed E-state index contributed by atoms with van der Waals surface area (Å²) in [7, 11) is -3.25. The van der Waals surface area contributed by atoms with Gasteiger partial charge in [-0.3, -0.25) is 24.0 Å². The molecule has 222 valence electrons. The Morgan fingerprint density at radius 3 is 2.62 bits per heavy atom. The lowest BCUT2D eigenvalue weighted by Crippen LogP contribution is -2.39. The van der Waals surface area contributed by atoms with Crippen LogP contribution in [0.25, 0.3) is 0 Å². The molecule has 0 radical (unpaired) electrons. The Morgan fingerprint density at radius 1 is 1.17 bits per heavy atom. The maximum Gasteiger partial charge on any atom is 0.273 e. The Kier molecular flexibility index (Phi) is 9.66. The van der Waals surface area contributed by atoms with Gasteiger partial charge in [-0.25, -0.2) is 8.42 Å². The Labute approximate surface area is 247 Å². The van der Waals surface area contributed by atoms with Crippen LogP contribution in [0, 0.1) is 17.0 Å². The third-order valence-corrected chi connectivity index (χ3v) is 8.61. The van der Waals surface area contributed by atoms with Crippen LogP contribution in [0.3, 0.4) is 0 Å². The number of hydrogen-bond donors (Lipinski definition) is 2. The number of halogens is 1. The van der Waals surface area contributed by atoms with Crippen molar-refractivity contribution in [2.24, 2.45) is 0 Å². The minimum Gasteiger partial charge on any atom is -0.495 e. The Morgan fingerprint density at radius 2 is 1.93 bits per heavy atom. The predicted molar refractivity (Wildman–Crippen MR) is 157 cm³/mol. The molecule has 1 heterocycles. The highest BCUT2D eigenvalue weighted by molar-refractivity contribution is 7.92. The number of para-hydroxylation sites is 1. The fraction of sp³-hybridized carbons (Fsp3) is 0.286. The van der Waals surface area contributed by atoms with E-state index in [2.05, 4.69) is 10.6 Å². The first-order chi connectivity index (χ1) is 20.0. The van der Waals surface area contributed by atoms with E-state index in [1.54, 1.807) is 12.1 Å². The van der Waals surface area contributed by atoms with Crippen LogP contribution in [0.5, 0.6) is 5.75 Å². The molecular formula is C28H29ClN4O8S. The summed E-state index contributed by atoms with van der Waals surface area (Å²) in [4.78, 5) is 36.7. The molecule has 1 atom stereocenters. The van der Waals surface area contributed by atoms with Crippen molar-refractivity contribution in [3.8, 4) is 5.75 Å². The Hall–Kier alpha value is -4.20. The number of methoxy groups -OCH3 is 1. The predicted octanol–water partition coefficient (Wildman–Crippen LogP) is 4.31. The van der Waals surface area contributed by atoms with Gasteiger partial charge in [0, 0.05) is 29.8 Å². The summed E-state index contributed by atoms with van der Waals surface area (Å²) in [6.45, 7) is 1.66. The molecular weight excluding hydrogens is 588 g/mol. The summed E-state index contributed by atoms with van der Waals surface area (Å²) < 4.78 is 39.5. The SMILES string of the molecule is COc1ccc(Cl)cc1N(CC(=O)Nc1ccccc1C(=O)NC[C@@H]1CCCO1)S(=O)(=O)c1ccc(C)c([N+](=O)[O-])c1. The fourth-order valence-corrected chi connectivity index (χ4v) is 6.06. The summed E-state index contributed by atoms with van der Waals surface area (Å²) >= 11 is 6.18. The normalized spacial score (nSPS) is 14.7. The van der Waals surface area contributed by atoms with E-state index in [4.69, 9.17) is 21.1 Å². The minimum absolute atomic E-state index is 0.0639. The highest BCUT2D eigenvalue weighted by atomic mass is 35.5. The molecule has 0 spiro atoms. The first-order valence-electron chi connectivity index (χ1n) is 12.9. The molecule has 12 nitrogen and oxygen atoms in total. The van der Waals surface area contributed by atoms with Crippen molar-refractivity contribution in [3.05, 3.63) is 86.9 Å². The van der Waals surface area contributed by atoms with Crippen LogP contribution in [0.15, 0.2) is 65.6 Å². The van der Waals surface area contributed by atoms with E-state index < -0.39 is 43.9 Å². The molecule has 0 aromatic heterocycles. The quantitative estimate of drug-likeness (QED) is 0.238. The topological polar surface area (TPSA) is 157 Å².